The highest BCUT2D eigenvalue weighted by Gasteiger charge is 2.25. The Balaban J connectivity index is 1.80. The highest BCUT2D eigenvalue weighted by atomic mass is 35.5. The fraction of sp³-hybridized carbons (Fsp3) is 0.0400. The Bertz CT molecular complexity index is 1780. The summed E-state index contributed by atoms with van der Waals surface area (Å²) in [6.45, 7) is 0. The lowest BCUT2D eigenvalue weighted by molar-refractivity contribution is -0.384. The topological polar surface area (TPSA) is 160 Å². The van der Waals surface area contributed by atoms with Gasteiger partial charge in [-0.1, -0.05) is 54.1 Å². The molecule has 0 bridgehead atoms. The normalized spacial score (nSPS) is 11.6. The number of nitrogens with one attached hydrogen (secondary N) is 1. The average Bonchev–Trinajstić information content (AvgIpc) is 3.21. The maximum Gasteiger partial charge on any atom is 0.524 e. The van der Waals surface area contributed by atoms with Crippen LogP contribution < -0.4 is 10.1 Å². The number of hydrogen-bond acceptors (Lipinski definition) is 6. The number of hydrogen-bond donors (Lipinski definition) is 3. The van der Waals surface area contributed by atoms with Crippen LogP contribution in [-0.4, -0.2) is 29.3 Å². The first-order valence-corrected chi connectivity index (χ1v) is 13.0. The van der Waals surface area contributed by atoms with E-state index in [2.05, 4.69) is 4.98 Å². The molecule has 0 aliphatic heterocycles. The summed E-state index contributed by atoms with van der Waals surface area (Å²) in [4.78, 5) is 45.1. The zero-order valence-corrected chi connectivity index (χ0v) is 21.0. The Labute approximate surface area is 219 Å². The molecule has 0 amide bonds. The Kier molecular flexibility index (Phi) is 6.60. The molecule has 13 heteroatoms. The van der Waals surface area contributed by atoms with Gasteiger partial charge in [0.15, 0.2) is 0 Å². The Morgan fingerprint density at radius 3 is 2.42 bits per heavy atom. The van der Waals surface area contributed by atoms with E-state index in [0.717, 1.165) is 23.3 Å². The van der Waals surface area contributed by atoms with E-state index in [1.165, 1.54) is 16.6 Å². The van der Waals surface area contributed by atoms with Crippen LogP contribution in [0.2, 0.25) is 5.02 Å². The van der Waals surface area contributed by atoms with Gasteiger partial charge in [-0.15, -0.1) is 0 Å². The van der Waals surface area contributed by atoms with Crippen molar-refractivity contribution in [1.29, 1.82) is 0 Å². The summed E-state index contributed by atoms with van der Waals surface area (Å²) in [5, 5.41) is 16.6. The molecule has 0 atom stereocenters. The number of H-pyrrole nitrogens is 1. The minimum Gasteiger partial charge on any atom is -0.403 e. The van der Waals surface area contributed by atoms with Crippen molar-refractivity contribution in [1.82, 2.24) is 14.6 Å². The van der Waals surface area contributed by atoms with Crippen molar-refractivity contribution in [2.75, 3.05) is 0 Å². The number of benzene rings is 3. The maximum absolute atomic E-state index is 12.8. The van der Waals surface area contributed by atoms with Crippen LogP contribution in [0.5, 0.6) is 5.75 Å². The number of phosphoric acid groups is 1. The number of aromatic nitrogens is 3. The molecule has 38 heavy (non-hydrogen) atoms. The first kappa shape index (κ1) is 25.4. The largest absolute Gasteiger partial charge is 0.524 e. The first-order chi connectivity index (χ1) is 18.1. The van der Waals surface area contributed by atoms with Gasteiger partial charge in [0.1, 0.15) is 11.4 Å². The molecule has 0 aliphatic carbocycles. The first-order valence-electron chi connectivity index (χ1n) is 11.1. The summed E-state index contributed by atoms with van der Waals surface area (Å²) in [5.41, 5.74) is 2.34. The van der Waals surface area contributed by atoms with Gasteiger partial charge in [0, 0.05) is 34.7 Å². The number of aromatic amines is 1. The molecule has 5 rings (SSSR count). The molecule has 0 saturated carbocycles. The van der Waals surface area contributed by atoms with Crippen molar-refractivity contribution < 1.29 is 23.8 Å². The molecular formula is C25H18ClN4O7P. The van der Waals surface area contributed by atoms with Gasteiger partial charge in [0.25, 0.3) is 11.2 Å². The van der Waals surface area contributed by atoms with Gasteiger partial charge in [-0.2, -0.15) is 5.10 Å². The van der Waals surface area contributed by atoms with Gasteiger partial charge in [-0.25, -0.2) is 9.08 Å². The van der Waals surface area contributed by atoms with Crippen LogP contribution in [0.4, 0.5) is 5.69 Å². The molecule has 0 saturated heterocycles. The molecule has 192 valence electrons. The van der Waals surface area contributed by atoms with Crippen molar-refractivity contribution in [2.45, 2.75) is 6.42 Å². The molecule has 0 radical (unpaired) electrons. The number of fused-ring (bicyclic) bond motifs is 1. The van der Waals surface area contributed by atoms with E-state index in [4.69, 9.17) is 21.2 Å². The van der Waals surface area contributed by atoms with Crippen molar-refractivity contribution in [3.05, 3.63) is 116 Å². The molecule has 11 nitrogen and oxygen atoms in total. The van der Waals surface area contributed by atoms with Crippen LogP contribution in [0, 0.1) is 10.1 Å². The highest BCUT2D eigenvalue weighted by Crippen LogP contribution is 2.44. The van der Waals surface area contributed by atoms with Crippen LogP contribution in [-0.2, 0) is 11.0 Å². The van der Waals surface area contributed by atoms with Crippen LogP contribution in [0.15, 0.2) is 83.7 Å². The van der Waals surface area contributed by atoms with Gasteiger partial charge < -0.3 is 9.51 Å². The molecular weight excluding hydrogens is 535 g/mol. The van der Waals surface area contributed by atoms with E-state index in [9.17, 15) is 29.3 Å². The van der Waals surface area contributed by atoms with Crippen molar-refractivity contribution >= 4 is 30.8 Å². The van der Waals surface area contributed by atoms with E-state index in [0.29, 0.717) is 28.3 Å². The molecule has 0 unspecified atom stereocenters. The third-order valence-corrected chi connectivity index (χ3v) is 6.40. The third kappa shape index (κ3) is 5.22. The van der Waals surface area contributed by atoms with Crippen LogP contribution in [0.1, 0.15) is 11.3 Å². The molecule has 0 fully saturated rings. The van der Waals surface area contributed by atoms with Crippen LogP contribution >= 0.6 is 19.4 Å². The molecule has 2 aromatic heterocycles. The third-order valence-electron chi connectivity index (χ3n) is 5.71. The van der Waals surface area contributed by atoms with Gasteiger partial charge in [-0.3, -0.25) is 24.7 Å². The van der Waals surface area contributed by atoms with Crippen molar-refractivity contribution in [3.8, 4) is 28.1 Å². The zero-order chi connectivity index (χ0) is 27.0. The van der Waals surface area contributed by atoms with E-state index >= 15 is 0 Å². The van der Waals surface area contributed by atoms with E-state index in [1.807, 2.05) is 30.3 Å². The van der Waals surface area contributed by atoms with Gasteiger partial charge >= 0.3 is 7.82 Å². The zero-order valence-electron chi connectivity index (χ0n) is 19.3. The Morgan fingerprint density at radius 1 is 1.05 bits per heavy atom. The minimum absolute atomic E-state index is 0.0199. The van der Waals surface area contributed by atoms with Gasteiger partial charge in [-0.05, 0) is 29.3 Å². The van der Waals surface area contributed by atoms with Gasteiger partial charge in [0.2, 0.25) is 0 Å². The predicted octanol–water partition coefficient (Wildman–Crippen LogP) is 4.98. The highest BCUT2D eigenvalue weighted by molar-refractivity contribution is 7.46. The monoisotopic (exact) mass is 552 g/mol. The Morgan fingerprint density at radius 2 is 1.76 bits per heavy atom. The predicted molar refractivity (Wildman–Crippen MR) is 140 cm³/mol. The SMILES string of the molecule is O=c1cc(-c2ccc([N+](=O)[O-])cc2OP(=O)(O)O)n2nc(Cc3ccccc3)c(-c3ccc(Cl)cc3)c2[nH]1. The standard InChI is InChI=1S/C25H18ClN4O7P/c26-17-8-6-16(7-9-17)24-20(12-15-4-2-1-3-5-15)28-29-21(14-23(31)27-25(24)29)19-11-10-18(30(32)33)13-22(19)37-38(34,35)36/h1-11,13-14H,12H2,(H,27,31)(H2,34,35,36). The summed E-state index contributed by atoms with van der Waals surface area (Å²) >= 11 is 6.09. The summed E-state index contributed by atoms with van der Waals surface area (Å²) in [7, 11) is -5.11. The maximum atomic E-state index is 12.8. The lowest BCUT2D eigenvalue weighted by Crippen LogP contribution is -2.10. The molecule has 5 aromatic rings. The van der Waals surface area contributed by atoms with E-state index in [1.54, 1.807) is 24.3 Å². The van der Waals surface area contributed by atoms with E-state index in [-0.39, 0.29) is 11.3 Å². The number of rotatable bonds is 7. The van der Waals surface area contributed by atoms with Crippen molar-refractivity contribution in [2.24, 2.45) is 0 Å². The number of non-ortho nitro benzene ring substituents is 1. The number of nitro benzene ring substituents is 1. The van der Waals surface area contributed by atoms with E-state index < -0.39 is 29.7 Å². The fourth-order valence-corrected chi connectivity index (χ4v) is 4.69. The second-order valence-corrected chi connectivity index (χ2v) is 9.89. The number of halogens is 1. The second kappa shape index (κ2) is 9.88. The lowest BCUT2D eigenvalue weighted by Gasteiger charge is -2.13. The average molecular weight is 553 g/mol. The molecule has 0 aliphatic rings. The lowest BCUT2D eigenvalue weighted by atomic mass is 10.0. The van der Waals surface area contributed by atoms with Gasteiger partial charge in [0.05, 0.1) is 22.4 Å². The van der Waals surface area contributed by atoms with Crippen molar-refractivity contribution in [3.63, 3.8) is 0 Å². The quantitative estimate of drug-likeness (QED) is 0.145. The van der Waals surface area contributed by atoms with Crippen LogP contribution in [0.3, 0.4) is 0 Å². The summed E-state index contributed by atoms with van der Waals surface area (Å²) < 4.78 is 17.9. The second-order valence-electron chi connectivity index (χ2n) is 8.29. The smallest absolute Gasteiger partial charge is 0.403 e. The summed E-state index contributed by atoms with van der Waals surface area (Å²) in [6, 6.07) is 21.0. The summed E-state index contributed by atoms with van der Waals surface area (Å²) in [5.74, 6) is -0.479. The van der Waals surface area contributed by atoms with Crippen LogP contribution in [0.25, 0.3) is 28.0 Å². The fourth-order valence-electron chi connectivity index (χ4n) is 4.16. The molecule has 0 spiro atoms. The molecule has 3 aromatic carbocycles. The Hall–Kier alpha value is -4.28. The number of nitro groups is 1. The summed E-state index contributed by atoms with van der Waals surface area (Å²) in [6.07, 6.45) is 0.397. The number of phosphoric ester groups is 1. The molecule has 3 N–H and O–H groups in total. The minimum atomic E-state index is -5.11. The number of nitrogens with zero attached hydrogens (tertiary/aromatic N) is 3. The molecule has 2 heterocycles.